The van der Waals surface area contributed by atoms with Crippen molar-refractivity contribution in [2.75, 3.05) is 20.3 Å². The number of carbonyl (C=O) groups excluding carboxylic acids is 1. The largest absolute Gasteiger partial charge is 0.497 e. The van der Waals surface area contributed by atoms with Crippen LogP contribution in [0, 0.1) is 5.92 Å². The van der Waals surface area contributed by atoms with Crippen molar-refractivity contribution >= 4 is 5.91 Å². The number of methoxy groups -OCH3 is 1. The number of ether oxygens (including phenoxy) is 2. The van der Waals surface area contributed by atoms with Crippen molar-refractivity contribution in [3.8, 4) is 11.5 Å². The first kappa shape index (κ1) is 17.3. The zero-order valence-corrected chi connectivity index (χ0v) is 13.3. The fraction of sp³-hybridized carbons (Fsp3) is 0.562. The molecule has 1 unspecified atom stereocenters. The Kier molecular flexibility index (Phi) is 7.02. The summed E-state index contributed by atoms with van der Waals surface area (Å²) < 4.78 is 10.8. The molecule has 0 saturated carbocycles. The van der Waals surface area contributed by atoms with Crippen LogP contribution in [0.4, 0.5) is 0 Å². The van der Waals surface area contributed by atoms with E-state index in [0.29, 0.717) is 24.6 Å². The third-order valence-electron chi connectivity index (χ3n) is 3.43. The van der Waals surface area contributed by atoms with Gasteiger partial charge in [0.05, 0.1) is 7.11 Å². The second-order valence-corrected chi connectivity index (χ2v) is 5.40. The van der Waals surface area contributed by atoms with Crippen molar-refractivity contribution in [2.45, 2.75) is 33.2 Å². The first-order valence-electron chi connectivity index (χ1n) is 7.27. The summed E-state index contributed by atoms with van der Waals surface area (Å²) in [6.45, 7) is 6.63. The number of amides is 1. The molecule has 0 radical (unpaired) electrons. The third-order valence-corrected chi connectivity index (χ3v) is 3.43. The van der Waals surface area contributed by atoms with E-state index in [2.05, 4.69) is 19.2 Å². The molecule has 0 saturated heterocycles. The number of rotatable bonds is 8. The molecule has 0 aliphatic heterocycles. The lowest BCUT2D eigenvalue weighted by atomic mass is 10.1. The van der Waals surface area contributed by atoms with Crippen molar-refractivity contribution in [2.24, 2.45) is 11.7 Å². The quantitative estimate of drug-likeness (QED) is 0.766. The fourth-order valence-corrected chi connectivity index (χ4v) is 1.78. The lowest BCUT2D eigenvalue weighted by Crippen LogP contribution is -2.39. The maximum atomic E-state index is 11.8. The van der Waals surface area contributed by atoms with Gasteiger partial charge in [0.15, 0.2) is 6.61 Å². The second-order valence-electron chi connectivity index (χ2n) is 5.40. The predicted octanol–water partition coefficient (Wildman–Crippen LogP) is 1.74. The molecule has 118 valence electrons. The molecule has 1 amide bonds. The number of hydrogen-bond donors (Lipinski definition) is 2. The van der Waals surface area contributed by atoms with E-state index in [1.165, 1.54) is 0 Å². The van der Waals surface area contributed by atoms with E-state index in [1.807, 2.05) is 25.1 Å². The molecular formula is C16H26N2O3. The molecule has 21 heavy (non-hydrogen) atoms. The fourth-order valence-electron chi connectivity index (χ4n) is 1.78. The van der Waals surface area contributed by atoms with Crippen molar-refractivity contribution in [1.82, 2.24) is 5.32 Å². The van der Waals surface area contributed by atoms with Gasteiger partial charge in [0, 0.05) is 6.04 Å². The number of carbonyl (C=O) groups is 1. The van der Waals surface area contributed by atoms with Crippen LogP contribution in [0.3, 0.4) is 0 Å². The van der Waals surface area contributed by atoms with E-state index in [-0.39, 0.29) is 18.6 Å². The number of nitrogens with one attached hydrogen (secondary N) is 1. The molecule has 0 aliphatic rings. The average molecular weight is 294 g/mol. The van der Waals surface area contributed by atoms with Gasteiger partial charge >= 0.3 is 0 Å². The summed E-state index contributed by atoms with van der Waals surface area (Å²) in [6.07, 6.45) is 0.677. The summed E-state index contributed by atoms with van der Waals surface area (Å²) >= 11 is 0. The highest BCUT2D eigenvalue weighted by Crippen LogP contribution is 2.24. The molecule has 0 spiro atoms. The van der Waals surface area contributed by atoms with Gasteiger partial charge < -0.3 is 20.5 Å². The molecule has 1 atom stereocenters. The zero-order valence-electron chi connectivity index (χ0n) is 13.3. The van der Waals surface area contributed by atoms with Crippen molar-refractivity contribution in [3.63, 3.8) is 0 Å². The molecule has 0 fully saturated rings. The second kappa shape index (κ2) is 8.52. The third kappa shape index (κ3) is 5.63. The molecule has 0 heterocycles. The van der Waals surface area contributed by atoms with Crippen LogP contribution in [-0.4, -0.2) is 32.2 Å². The Hall–Kier alpha value is -1.75. The van der Waals surface area contributed by atoms with Gasteiger partial charge in [0.25, 0.3) is 5.91 Å². The first-order valence-corrected chi connectivity index (χ1v) is 7.27. The maximum absolute atomic E-state index is 11.8. The van der Waals surface area contributed by atoms with Crippen molar-refractivity contribution < 1.29 is 14.3 Å². The van der Waals surface area contributed by atoms with Gasteiger partial charge in [-0.2, -0.15) is 0 Å². The van der Waals surface area contributed by atoms with Crippen molar-refractivity contribution in [3.05, 3.63) is 23.8 Å². The summed E-state index contributed by atoms with van der Waals surface area (Å²) in [5, 5.41) is 2.91. The van der Waals surface area contributed by atoms with E-state index in [0.717, 1.165) is 11.3 Å². The Morgan fingerprint density at radius 2 is 2.05 bits per heavy atom. The van der Waals surface area contributed by atoms with E-state index in [4.69, 9.17) is 15.2 Å². The van der Waals surface area contributed by atoms with Gasteiger partial charge in [-0.05, 0) is 49.6 Å². The van der Waals surface area contributed by atoms with E-state index in [1.54, 1.807) is 7.11 Å². The molecule has 5 nitrogen and oxygen atoms in total. The minimum absolute atomic E-state index is 0.000953. The van der Waals surface area contributed by atoms with Crippen LogP contribution in [0.25, 0.3) is 0 Å². The predicted molar refractivity (Wildman–Crippen MR) is 83.7 cm³/mol. The zero-order chi connectivity index (χ0) is 15.8. The van der Waals surface area contributed by atoms with Gasteiger partial charge in [-0.15, -0.1) is 0 Å². The summed E-state index contributed by atoms with van der Waals surface area (Å²) in [7, 11) is 1.61. The summed E-state index contributed by atoms with van der Waals surface area (Å²) in [6, 6.07) is 5.63. The van der Waals surface area contributed by atoms with Crippen LogP contribution in [0.5, 0.6) is 11.5 Å². The first-order chi connectivity index (χ1) is 9.97. The highest BCUT2D eigenvalue weighted by Gasteiger charge is 2.12. The highest BCUT2D eigenvalue weighted by atomic mass is 16.5. The van der Waals surface area contributed by atoms with Crippen LogP contribution in [0.2, 0.25) is 0 Å². The summed E-state index contributed by atoms with van der Waals surface area (Å²) in [4.78, 5) is 11.8. The standard InChI is InChI=1S/C16H26N2O3/c1-11(2)12(3)18-16(19)10-21-15-6-5-14(20-4)9-13(15)7-8-17/h5-6,9,11-12H,7-8,10,17H2,1-4H3,(H,18,19). The highest BCUT2D eigenvalue weighted by molar-refractivity contribution is 5.77. The Labute approximate surface area is 126 Å². The van der Waals surface area contributed by atoms with Crippen LogP contribution >= 0.6 is 0 Å². The van der Waals surface area contributed by atoms with Gasteiger partial charge in [-0.1, -0.05) is 13.8 Å². The Bertz CT molecular complexity index is 461. The van der Waals surface area contributed by atoms with Crippen LogP contribution in [0.1, 0.15) is 26.3 Å². The van der Waals surface area contributed by atoms with Crippen LogP contribution in [-0.2, 0) is 11.2 Å². The van der Waals surface area contributed by atoms with Crippen LogP contribution < -0.4 is 20.5 Å². The van der Waals surface area contributed by atoms with Gasteiger partial charge in [0.2, 0.25) is 0 Å². The molecular weight excluding hydrogens is 268 g/mol. The average Bonchev–Trinajstić information content (AvgIpc) is 2.46. The minimum atomic E-state index is -0.120. The van der Waals surface area contributed by atoms with Crippen LogP contribution in [0.15, 0.2) is 18.2 Å². The van der Waals surface area contributed by atoms with Gasteiger partial charge in [0.1, 0.15) is 11.5 Å². The van der Waals surface area contributed by atoms with E-state index >= 15 is 0 Å². The maximum Gasteiger partial charge on any atom is 0.258 e. The van der Waals surface area contributed by atoms with Crippen molar-refractivity contribution in [1.29, 1.82) is 0 Å². The molecule has 0 aromatic heterocycles. The molecule has 3 N–H and O–H groups in total. The summed E-state index contributed by atoms with van der Waals surface area (Å²) in [5.41, 5.74) is 6.55. The van der Waals surface area contributed by atoms with Gasteiger partial charge in [-0.3, -0.25) is 4.79 Å². The smallest absolute Gasteiger partial charge is 0.258 e. The topological polar surface area (TPSA) is 73.6 Å². The SMILES string of the molecule is COc1ccc(OCC(=O)NC(C)C(C)C)c(CCN)c1. The monoisotopic (exact) mass is 294 g/mol. The number of nitrogens with two attached hydrogens (primary N) is 1. The Morgan fingerprint density at radius 1 is 1.33 bits per heavy atom. The minimum Gasteiger partial charge on any atom is -0.497 e. The molecule has 0 bridgehead atoms. The number of benzene rings is 1. The molecule has 5 heteroatoms. The number of hydrogen-bond acceptors (Lipinski definition) is 4. The summed E-state index contributed by atoms with van der Waals surface area (Å²) in [5.74, 6) is 1.70. The molecule has 1 aromatic rings. The van der Waals surface area contributed by atoms with E-state index in [9.17, 15) is 4.79 Å². The van der Waals surface area contributed by atoms with E-state index < -0.39 is 0 Å². The lowest BCUT2D eigenvalue weighted by Gasteiger charge is -2.18. The van der Waals surface area contributed by atoms with Gasteiger partial charge in [-0.25, -0.2) is 0 Å². The lowest BCUT2D eigenvalue weighted by molar-refractivity contribution is -0.124. The molecule has 1 rings (SSSR count). The Morgan fingerprint density at radius 3 is 2.62 bits per heavy atom. The normalized spacial score (nSPS) is 12.1. The molecule has 1 aromatic carbocycles. The Balaban J connectivity index is 2.63. The molecule has 0 aliphatic carbocycles.